The molecular weight excluding hydrogens is 253 g/mol. The summed E-state index contributed by atoms with van der Waals surface area (Å²) in [4.78, 5) is 4.48. The molecule has 0 atom stereocenters. The van der Waals surface area contributed by atoms with Crippen molar-refractivity contribution in [2.75, 3.05) is 11.9 Å². The fourth-order valence-electron chi connectivity index (χ4n) is 2.23. The molecule has 1 aromatic heterocycles. The number of aryl methyl sites for hydroxylation is 1. The van der Waals surface area contributed by atoms with Crippen molar-refractivity contribution in [2.45, 2.75) is 33.7 Å². The van der Waals surface area contributed by atoms with Gasteiger partial charge in [0.15, 0.2) is 0 Å². The number of aromatic nitrogens is 2. The van der Waals surface area contributed by atoms with Crippen LogP contribution in [0.3, 0.4) is 0 Å². The maximum Gasteiger partial charge on any atom is 0.203 e. The molecule has 0 unspecified atom stereocenters. The molecule has 1 aromatic carbocycles. The second kappa shape index (κ2) is 6.55. The molecule has 0 spiro atoms. The molecule has 0 amide bonds. The van der Waals surface area contributed by atoms with Crippen LogP contribution in [0.1, 0.15) is 25.1 Å². The van der Waals surface area contributed by atoms with Crippen LogP contribution in [0, 0.1) is 18.7 Å². The van der Waals surface area contributed by atoms with E-state index < -0.39 is 0 Å². The molecule has 0 saturated carbocycles. The molecule has 108 valence electrons. The standard InChI is InChI=1S/C16H22FN3/c1-12(2)10-20-11-13(3)19-16(20)18-9-8-14-6-4-5-7-15(14)17/h4-7,11-12H,8-10H2,1-3H3,(H,18,19). The molecule has 0 saturated heterocycles. The highest BCUT2D eigenvalue weighted by molar-refractivity contribution is 5.29. The van der Waals surface area contributed by atoms with E-state index in [0.29, 0.717) is 18.9 Å². The minimum atomic E-state index is -0.143. The van der Waals surface area contributed by atoms with Crippen molar-refractivity contribution in [3.05, 3.63) is 47.5 Å². The maximum atomic E-state index is 13.5. The predicted molar refractivity (Wildman–Crippen MR) is 80.4 cm³/mol. The molecule has 4 heteroatoms. The van der Waals surface area contributed by atoms with Crippen molar-refractivity contribution in [1.29, 1.82) is 0 Å². The second-order valence-electron chi connectivity index (χ2n) is 5.52. The van der Waals surface area contributed by atoms with Crippen molar-refractivity contribution in [3.63, 3.8) is 0 Å². The minimum Gasteiger partial charge on any atom is -0.355 e. The average molecular weight is 275 g/mol. The molecule has 0 radical (unpaired) electrons. The summed E-state index contributed by atoms with van der Waals surface area (Å²) in [5.74, 6) is 1.29. The predicted octanol–water partition coefficient (Wildman–Crippen LogP) is 3.64. The van der Waals surface area contributed by atoms with Crippen molar-refractivity contribution >= 4 is 5.95 Å². The Morgan fingerprint density at radius 1 is 1.30 bits per heavy atom. The van der Waals surface area contributed by atoms with Gasteiger partial charge in [-0.05, 0) is 30.9 Å². The Bertz CT molecular complexity index is 561. The summed E-state index contributed by atoms with van der Waals surface area (Å²) in [6.07, 6.45) is 2.70. The third-order valence-corrected chi connectivity index (χ3v) is 3.09. The lowest BCUT2D eigenvalue weighted by Gasteiger charge is -2.11. The summed E-state index contributed by atoms with van der Waals surface area (Å²) in [6, 6.07) is 6.90. The molecule has 1 heterocycles. The Labute approximate surface area is 119 Å². The summed E-state index contributed by atoms with van der Waals surface area (Å²) in [5, 5.41) is 3.30. The van der Waals surface area contributed by atoms with Gasteiger partial charge in [0, 0.05) is 19.3 Å². The zero-order chi connectivity index (χ0) is 14.5. The van der Waals surface area contributed by atoms with Crippen molar-refractivity contribution < 1.29 is 4.39 Å². The lowest BCUT2D eigenvalue weighted by Crippen LogP contribution is -2.13. The van der Waals surface area contributed by atoms with Crippen LogP contribution in [0.4, 0.5) is 10.3 Å². The summed E-state index contributed by atoms with van der Waals surface area (Å²) in [6.45, 7) is 7.95. The van der Waals surface area contributed by atoms with Crippen molar-refractivity contribution in [1.82, 2.24) is 9.55 Å². The zero-order valence-corrected chi connectivity index (χ0v) is 12.4. The zero-order valence-electron chi connectivity index (χ0n) is 12.4. The van der Waals surface area contributed by atoms with Crippen LogP contribution in [0.2, 0.25) is 0 Å². The Balaban J connectivity index is 1.96. The molecule has 0 aliphatic heterocycles. The summed E-state index contributed by atoms with van der Waals surface area (Å²) < 4.78 is 15.6. The van der Waals surface area contributed by atoms with Gasteiger partial charge in [-0.1, -0.05) is 32.0 Å². The van der Waals surface area contributed by atoms with Gasteiger partial charge in [-0.25, -0.2) is 9.37 Å². The first-order valence-corrected chi connectivity index (χ1v) is 7.07. The molecular formula is C16H22FN3. The Morgan fingerprint density at radius 2 is 2.05 bits per heavy atom. The third-order valence-electron chi connectivity index (χ3n) is 3.09. The largest absolute Gasteiger partial charge is 0.355 e. The second-order valence-corrected chi connectivity index (χ2v) is 5.52. The smallest absolute Gasteiger partial charge is 0.203 e. The van der Waals surface area contributed by atoms with E-state index in [1.54, 1.807) is 6.07 Å². The number of anilines is 1. The molecule has 0 aliphatic rings. The van der Waals surface area contributed by atoms with E-state index >= 15 is 0 Å². The van der Waals surface area contributed by atoms with Crippen LogP contribution in [0.5, 0.6) is 0 Å². The minimum absolute atomic E-state index is 0.143. The van der Waals surface area contributed by atoms with Crippen LogP contribution >= 0.6 is 0 Å². The average Bonchev–Trinajstić information content (AvgIpc) is 2.71. The van der Waals surface area contributed by atoms with Crippen LogP contribution in [-0.4, -0.2) is 16.1 Å². The van der Waals surface area contributed by atoms with Crippen LogP contribution in [0.15, 0.2) is 30.5 Å². The summed E-state index contributed by atoms with van der Waals surface area (Å²) >= 11 is 0. The molecule has 0 aliphatic carbocycles. The molecule has 2 rings (SSSR count). The van der Waals surface area contributed by atoms with Gasteiger partial charge >= 0.3 is 0 Å². The lowest BCUT2D eigenvalue weighted by molar-refractivity contribution is 0.526. The van der Waals surface area contributed by atoms with Gasteiger partial charge in [0.1, 0.15) is 5.82 Å². The molecule has 2 aromatic rings. The van der Waals surface area contributed by atoms with Gasteiger partial charge in [-0.3, -0.25) is 0 Å². The Kier molecular flexibility index (Phi) is 4.77. The molecule has 0 bridgehead atoms. The van der Waals surface area contributed by atoms with Gasteiger partial charge in [-0.15, -0.1) is 0 Å². The third kappa shape index (κ3) is 3.83. The van der Waals surface area contributed by atoms with Crippen LogP contribution in [0.25, 0.3) is 0 Å². The SMILES string of the molecule is Cc1cn(CC(C)C)c(NCCc2ccccc2F)n1. The van der Waals surface area contributed by atoms with Crippen molar-refractivity contribution in [2.24, 2.45) is 5.92 Å². The number of hydrogen-bond acceptors (Lipinski definition) is 2. The van der Waals surface area contributed by atoms with Crippen molar-refractivity contribution in [3.8, 4) is 0 Å². The lowest BCUT2D eigenvalue weighted by atomic mass is 10.1. The molecule has 0 fully saturated rings. The van der Waals surface area contributed by atoms with Gasteiger partial charge in [0.25, 0.3) is 0 Å². The van der Waals surface area contributed by atoms with E-state index in [-0.39, 0.29) is 5.82 Å². The normalized spacial score (nSPS) is 11.1. The van der Waals surface area contributed by atoms with Gasteiger partial charge in [0.2, 0.25) is 5.95 Å². The number of rotatable bonds is 6. The highest BCUT2D eigenvalue weighted by Crippen LogP contribution is 2.12. The quantitative estimate of drug-likeness (QED) is 0.872. The van der Waals surface area contributed by atoms with Gasteiger partial charge in [-0.2, -0.15) is 0 Å². The first-order chi connectivity index (χ1) is 9.56. The number of nitrogens with zero attached hydrogens (tertiary/aromatic N) is 2. The fraction of sp³-hybridized carbons (Fsp3) is 0.438. The number of nitrogens with one attached hydrogen (secondary N) is 1. The van der Waals surface area contributed by atoms with E-state index in [1.165, 1.54) is 6.07 Å². The molecule has 3 nitrogen and oxygen atoms in total. The van der Waals surface area contributed by atoms with Crippen LogP contribution < -0.4 is 5.32 Å². The Hall–Kier alpha value is -1.84. The first kappa shape index (κ1) is 14.6. The maximum absolute atomic E-state index is 13.5. The van der Waals surface area contributed by atoms with Gasteiger partial charge < -0.3 is 9.88 Å². The fourth-order valence-corrected chi connectivity index (χ4v) is 2.23. The highest BCUT2D eigenvalue weighted by Gasteiger charge is 2.07. The summed E-state index contributed by atoms with van der Waals surface area (Å²) in [7, 11) is 0. The molecule has 20 heavy (non-hydrogen) atoms. The monoisotopic (exact) mass is 275 g/mol. The van der Waals surface area contributed by atoms with Crippen LogP contribution in [-0.2, 0) is 13.0 Å². The van der Waals surface area contributed by atoms with E-state index in [0.717, 1.165) is 23.8 Å². The summed E-state index contributed by atoms with van der Waals surface area (Å²) in [5.41, 5.74) is 1.73. The number of benzene rings is 1. The number of imidazole rings is 1. The van der Waals surface area contributed by atoms with E-state index in [9.17, 15) is 4.39 Å². The first-order valence-electron chi connectivity index (χ1n) is 7.07. The number of halogens is 1. The van der Waals surface area contributed by atoms with Gasteiger partial charge in [0.05, 0.1) is 5.69 Å². The number of hydrogen-bond donors (Lipinski definition) is 1. The topological polar surface area (TPSA) is 29.9 Å². The highest BCUT2D eigenvalue weighted by atomic mass is 19.1. The van der Waals surface area contributed by atoms with E-state index in [1.807, 2.05) is 25.3 Å². The van der Waals surface area contributed by atoms with E-state index in [2.05, 4.69) is 28.7 Å². The van der Waals surface area contributed by atoms with E-state index in [4.69, 9.17) is 0 Å². The molecule has 1 N–H and O–H groups in total. The Morgan fingerprint density at radius 3 is 2.75 bits per heavy atom.